The second-order valence-corrected chi connectivity index (χ2v) is 7.62. The Morgan fingerprint density at radius 3 is 2.36 bits per heavy atom. The number of benzene rings is 3. The van der Waals surface area contributed by atoms with Crippen LogP contribution in [-0.4, -0.2) is 37.3 Å². The second kappa shape index (κ2) is 8.91. The van der Waals surface area contributed by atoms with Gasteiger partial charge >= 0.3 is 0 Å². The Kier molecular flexibility index (Phi) is 6.02. The molecule has 4 rings (SSSR count). The third-order valence-corrected chi connectivity index (χ3v) is 5.30. The van der Waals surface area contributed by atoms with E-state index in [-0.39, 0.29) is 11.6 Å². The molecule has 170 valence electrons. The molecule has 0 aliphatic heterocycles. The van der Waals surface area contributed by atoms with Crippen molar-refractivity contribution in [1.82, 2.24) is 4.98 Å². The highest BCUT2D eigenvalue weighted by Crippen LogP contribution is 2.39. The number of phenolic OH excluding ortho intramolecular Hbond substituents is 1. The van der Waals surface area contributed by atoms with Crippen LogP contribution in [0.3, 0.4) is 0 Å². The van der Waals surface area contributed by atoms with Crippen LogP contribution in [0.15, 0.2) is 46.9 Å². The van der Waals surface area contributed by atoms with Gasteiger partial charge in [0.2, 0.25) is 11.6 Å². The maximum absolute atomic E-state index is 13.0. The van der Waals surface area contributed by atoms with Crippen molar-refractivity contribution in [1.29, 1.82) is 0 Å². The lowest BCUT2D eigenvalue weighted by Gasteiger charge is -2.14. The highest BCUT2D eigenvalue weighted by atomic mass is 35.5. The maximum atomic E-state index is 13.0. The number of carbonyl (C=O) groups excluding carboxylic acids is 1. The molecule has 0 fully saturated rings. The quantitative estimate of drug-likeness (QED) is 0.363. The second-order valence-electron chi connectivity index (χ2n) is 7.19. The number of hydrogen-bond acceptors (Lipinski definition) is 7. The lowest BCUT2D eigenvalue weighted by Crippen LogP contribution is -2.13. The van der Waals surface area contributed by atoms with E-state index >= 15 is 0 Å². The number of rotatable bonds is 6. The van der Waals surface area contributed by atoms with Gasteiger partial charge in [-0.3, -0.25) is 4.79 Å². The lowest BCUT2D eigenvalue weighted by atomic mass is 10.1. The third kappa shape index (κ3) is 4.25. The Morgan fingerprint density at radius 1 is 1.03 bits per heavy atom. The number of hydrogen-bond donors (Lipinski definition) is 2. The number of amides is 1. The number of oxazole rings is 1. The molecule has 1 heterocycles. The van der Waals surface area contributed by atoms with E-state index in [1.165, 1.54) is 21.3 Å². The highest BCUT2D eigenvalue weighted by Gasteiger charge is 2.19. The summed E-state index contributed by atoms with van der Waals surface area (Å²) in [7, 11) is 4.44. The van der Waals surface area contributed by atoms with E-state index in [2.05, 4.69) is 10.3 Å². The summed E-state index contributed by atoms with van der Waals surface area (Å²) in [5, 5.41) is 14.0. The molecule has 0 saturated heterocycles. The zero-order valence-electron chi connectivity index (χ0n) is 18.4. The van der Waals surface area contributed by atoms with Crippen molar-refractivity contribution in [2.45, 2.75) is 6.92 Å². The Hall–Kier alpha value is -3.91. The molecule has 1 amide bonds. The van der Waals surface area contributed by atoms with Gasteiger partial charge in [-0.25, -0.2) is 4.98 Å². The first-order chi connectivity index (χ1) is 15.8. The summed E-state index contributed by atoms with van der Waals surface area (Å²) in [5.74, 6) is 0.893. The molecule has 4 aromatic rings. The number of nitrogens with zero attached hydrogens (tertiary/aromatic N) is 1. The van der Waals surface area contributed by atoms with Gasteiger partial charge in [-0.15, -0.1) is 0 Å². The average molecular weight is 469 g/mol. The van der Waals surface area contributed by atoms with E-state index in [0.29, 0.717) is 55.7 Å². The van der Waals surface area contributed by atoms with Crippen LogP contribution in [0.2, 0.25) is 5.02 Å². The summed E-state index contributed by atoms with van der Waals surface area (Å²) in [6.45, 7) is 1.72. The molecule has 0 radical (unpaired) electrons. The van der Waals surface area contributed by atoms with E-state index in [1.807, 2.05) is 0 Å². The molecule has 0 unspecified atom stereocenters. The SMILES string of the molecule is COc1cc(C(=O)Nc2cc(C)c(O)c(-c3nc4cc(Cl)ccc4o3)c2)cc(OC)c1OC. The molecule has 33 heavy (non-hydrogen) atoms. The average Bonchev–Trinajstić information content (AvgIpc) is 3.23. The molecule has 0 spiro atoms. The van der Waals surface area contributed by atoms with Crippen LogP contribution < -0.4 is 19.5 Å². The number of aromatic nitrogens is 1. The number of anilines is 1. The molecule has 0 aliphatic carbocycles. The van der Waals surface area contributed by atoms with Crippen molar-refractivity contribution in [3.05, 3.63) is 58.6 Å². The summed E-state index contributed by atoms with van der Waals surface area (Å²) in [6.07, 6.45) is 0. The lowest BCUT2D eigenvalue weighted by molar-refractivity contribution is 0.102. The third-order valence-electron chi connectivity index (χ3n) is 5.07. The number of methoxy groups -OCH3 is 3. The largest absolute Gasteiger partial charge is 0.507 e. The van der Waals surface area contributed by atoms with Crippen molar-refractivity contribution in [3.8, 4) is 34.5 Å². The first-order valence-electron chi connectivity index (χ1n) is 9.86. The van der Waals surface area contributed by atoms with Gasteiger partial charge in [-0.2, -0.15) is 0 Å². The first-order valence-corrected chi connectivity index (χ1v) is 10.2. The van der Waals surface area contributed by atoms with Crippen LogP contribution in [0, 0.1) is 6.92 Å². The van der Waals surface area contributed by atoms with Gasteiger partial charge in [0.05, 0.1) is 26.9 Å². The Labute approximate surface area is 194 Å². The predicted molar refractivity (Wildman–Crippen MR) is 125 cm³/mol. The normalized spacial score (nSPS) is 10.8. The van der Waals surface area contributed by atoms with Crippen LogP contribution in [-0.2, 0) is 0 Å². The highest BCUT2D eigenvalue weighted by molar-refractivity contribution is 6.31. The molecule has 8 nitrogen and oxygen atoms in total. The number of halogens is 1. The summed E-state index contributed by atoms with van der Waals surface area (Å²) < 4.78 is 21.7. The molecule has 3 aromatic carbocycles. The molecule has 2 N–H and O–H groups in total. The van der Waals surface area contributed by atoms with Gasteiger partial charge in [-0.1, -0.05) is 11.6 Å². The van der Waals surface area contributed by atoms with Gasteiger partial charge in [0.1, 0.15) is 11.3 Å². The monoisotopic (exact) mass is 468 g/mol. The number of ether oxygens (including phenoxy) is 3. The van der Waals surface area contributed by atoms with Gasteiger partial charge in [0.25, 0.3) is 5.91 Å². The Balaban J connectivity index is 1.70. The smallest absolute Gasteiger partial charge is 0.255 e. The van der Waals surface area contributed by atoms with Crippen molar-refractivity contribution < 1.29 is 28.5 Å². The van der Waals surface area contributed by atoms with Crippen molar-refractivity contribution >= 4 is 34.3 Å². The van der Waals surface area contributed by atoms with Gasteiger partial charge < -0.3 is 29.1 Å². The number of aryl methyl sites for hydroxylation is 1. The topological polar surface area (TPSA) is 103 Å². The van der Waals surface area contributed by atoms with E-state index in [9.17, 15) is 9.90 Å². The molecule has 1 aromatic heterocycles. The number of aromatic hydroxyl groups is 1. The van der Waals surface area contributed by atoms with Gasteiger partial charge in [-0.05, 0) is 55.0 Å². The van der Waals surface area contributed by atoms with Crippen LogP contribution in [0.1, 0.15) is 15.9 Å². The zero-order valence-corrected chi connectivity index (χ0v) is 19.1. The maximum Gasteiger partial charge on any atom is 0.255 e. The summed E-state index contributed by atoms with van der Waals surface area (Å²) in [6, 6.07) is 11.4. The number of fused-ring (bicyclic) bond motifs is 1. The fourth-order valence-electron chi connectivity index (χ4n) is 3.45. The van der Waals surface area contributed by atoms with Gasteiger partial charge in [0, 0.05) is 16.3 Å². The van der Waals surface area contributed by atoms with Crippen molar-refractivity contribution in [2.75, 3.05) is 26.6 Å². The molecule has 0 atom stereocenters. The molecular formula is C24H21ClN2O6. The van der Waals surface area contributed by atoms with Gasteiger partial charge in [0.15, 0.2) is 17.1 Å². The summed E-state index contributed by atoms with van der Waals surface area (Å²) >= 11 is 6.03. The minimum absolute atomic E-state index is 0.00145. The minimum Gasteiger partial charge on any atom is -0.507 e. The number of nitrogens with one attached hydrogen (secondary N) is 1. The Bertz CT molecular complexity index is 1340. The fourth-order valence-corrected chi connectivity index (χ4v) is 3.61. The Morgan fingerprint density at radius 2 is 1.73 bits per heavy atom. The molecule has 0 bridgehead atoms. The summed E-state index contributed by atoms with van der Waals surface area (Å²) in [4.78, 5) is 17.4. The zero-order chi connectivity index (χ0) is 23.7. The number of phenols is 1. The van der Waals surface area contributed by atoms with Crippen LogP contribution in [0.5, 0.6) is 23.0 Å². The van der Waals surface area contributed by atoms with E-state index in [1.54, 1.807) is 49.4 Å². The van der Waals surface area contributed by atoms with Crippen LogP contribution >= 0.6 is 11.6 Å². The number of carbonyl (C=O) groups is 1. The van der Waals surface area contributed by atoms with Crippen LogP contribution in [0.25, 0.3) is 22.6 Å². The molecular weight excluding hydrogens is 448 g/mol. The molecule has 0 aliphatic rings. The van der Waals surface area contributed by atoms with E-state index < -0.39 is 5.91 Å². The van der Waals surface area contributed by atoms with Crippen molar-refractivity contribution in [2.24, 2.45) is 0 Å². The minimum atomic E-state index is -0.408. The fraction of sp³-hybridized carbons (Fsp3) is 0.167. The predicted octanol–water partition coefficient (Wildman–Crippen LogP) is 5.44. The molecule has 0 saturated carbocycles. The summed E-state index contributed by atoms with van der Waals surface area (Å²) in [5.41, 5.74) is 2.70. The van der Waals surface area contributed by atoms with Crippen molar-refractivity contribution in [3.63, 3.8) is 0 Å². The standard InChI is InChI=1S/C24H21ClN2O6/c1-12-7-15(26-23(29)13-8-19(30-2)22(32-4)20(9-13)31-3)11-16(21(12)28)24-27-17-10-14(25)5-6-18(17)33-24/h5-11,28H,1-4H3,(H,26,29). The van der Waals surface area contributed by atoms with E-state index in [4.69, 9.17) is 30.2 Å². The molecule has 9 heteroatoms. The van der Waals surface area contributed by atoms with Crippen LogP contribution in [0.4, 0.5) is 5.69 Å². The first kappa shape index (κ1) is 22.3. The van der Waals surface area contributed by atoms with E-state index in [0.717, 1.165) is 0 Å².